The number of carboxylic acids is 1. The molecule has 0 amide bonds. The molecule has 6 heteroatoms. The lowest BCUT2D eigenvalue weighted by molar-refractivity contribution is -0.150. The third kappa shape index (κ3) is 5.91. The topological polar surface area (TPSA) is 81.8 Å². The van der Waals surface area contributed by atoms with Crippen LogP contribution in [-0.4, -0.2) is 35.4 Å². The molecular formula is C21H27NO5. The molecular weight excluding hydrogens is 346 g/mol. The van der Waals surface area contributed by atoms with Crippen LogP contribution in [0.5, 0.6) is 0 Å². The largest absolute Gasteiger partial charge is 0.479 e. The zero-order valence-corrected chi connectivity index (χ0v) is 15.7. The van der Waals surface area contributed by atoms with Crippen molar-refractivity contribution in [3.8, 4) is 11.5 Å². The molecule has 3 rings (SSSR count). The highest BCUT2D eigenvalue weighted by Gasteiger charge is 2.24. The van der Waals surface area contributed by atoms with Crippen LogP contribution in [0.15, 0.2) is 41.0 Å². The fourth-order valence-corrected chi connectivity index (χ4v) is 3.47. The first-order valence-corrected chi connectivity index (χ1v) is 9.53. The van der Waals surface area contributed by atoms with Gasteiger partial charge in [-0.3, -0.25) is 0 Å². The van der Waals surface area contributed by atoms with Crippen LogP contribution >= 0.6 is 0 Å². The smallest absolute Gasteiger partial charge is 0.332 e. The fourth-order valence-electron chi connectivity index (χ4n) is 3.47. The average molecular weight is 373 g/mol. The first-order chi connectivity index (χ1) is 13.1. The van der Waals surface area contributed by atoms with Gasteiger partial charge in [0.05, 0.1) is 13.2 Å². The molecule has 2 aromatic rings. The van der Waals surface area contributed by atoms with E-state index in [4.69, 9.17) is 19.0 Å². The number of aliphatic carboxylic acids is 1. The number of aromatic nitrogens is 1. The van der Waals surface area contributed by atoms with Gasteiger partial charge in [0.25, 0.3) is 0 Å². The average Bonchev–Trinajstić information content (AvgIpc) is 3.16. The highest BCUT2D eigenvalue weighted by atomic mass is 16.5. The summed E-state index contributed by atoms with van der Waals surface area (Å²) in [6.45, 7) is 3.20. The standard InChI is InChI=1S/C21H27NO5/c1-15(21(23)24)26-12-17-7-5-6-16(10-17)11-25-13-19-14-27-20(22-19)18-8-3-2-4-9-18/h2-4,8-9,14-17H,5-7,10-13H2,1H3,(H,23,24). The van der Waals surface area contributed by atoms with E-state index in [0.29, 0.717) is 37.5 Å². The van der Waals surface area contributed by atoms with Crippen LogP contribution in [0.1, 0.15) is 38.3 Å². The summed E-state index contributed by atoms with van der Waals surface area (Å²) in [6.07, 6.45) is 5.28. The third-order valence-electron chi connectivity index (χ3n) is 5.00. The Labute approximate surface area is 159 Å². The van der Waals surface area contributed by atoms with Gasteiger partial charge in [-0.2, -0.15) is 0 Å². The lowest BCUT2D eigenvalue weighted by atomic mass is 9.82. The summed E-state index contributed by atoms with van der Waals surface area (Å²) in [5, 5.41) is 8.90. The number of oxazole rings is 1. The molecule has 0 saturated heterocycles. The van der Waals surface area contributed by atoms with E-state index in [2.05, 4.69) is 4.98 Å². The normalized spacial score (nSPS) is 21.1. The van der Waals surface area contributed by atoms with Crippen molar-refractivity contribution in [2.75, 3.05) is 13.2 Å². The molecule has 1 aromatic heterocycles. The van der Waals surface area contributed by atoms with Crippen molar-refractivity contribution in [3.63, 3.8) is 0 Å². The Balaban J connectivity index is 1.40. The van der Waals surface area contributed by atoms with Crippen LogP contribution in [0, 0.1) is 11.8 Å². The zero-order valence-electron chi connectivity index (χ0n) is 15.7. The van der Waals surface area contributed by atoms with Gasteiger partial charge in [0.2, 0.25) is 5.89 Å². The second-order valence-corrected chi connectivity index (χ2v) is 7.24. The van der Waals surface area contributed by atoms with E-state index in [1.165, 1.54) is 0 Å². The van der Waals surface area contributed by atoms with E-state index in [0.717, 1.165) is 36.9 Å². The second-order valence-electron chi connectivity index (χ2n) is 7.24. The molecule has 1 fully saturated rings. The molecule has 1 aromatic carbocycles. The number of nitrogens with zero attached hydrogens (tertiary/aromatic N) is 1. The summed E-state index contributed by atoms with van der Waals surface area (Å²) < 4.78 is 16.8. The first kappa shape index (κ1) is 19.6. The molecule has 1 saturated carbocycles. The minimum Gasteiger partial charge on any atom is -0.479 e. The molecule has 0 radical (unpaired) electrons. The summed E-state index contributed by atoms with van der Waals surface area (Å²) in [4.78, 5) is 15.3. The summed E-state index contributed by atoms with van der Waals surface area (Å²) in [5.41, 5.74) is 1.74. The molecule has 146 valence electrons. The Morgan fingerprint density at radius 2 is 2.00 bits per heavy atom. The van der Waals surface area contributed by atoms with Gasteiger partial charge in [0.15, 0.2) is 6.10 Å². The molecule has 3 atom stereocenters. The van der Waals surface area contributed by atoms with Crippen molar-refractivity contribution in [1.82, 2.24) is 4.98 Å². The van der Waals surface area contributed by atoms with Crippen molar-refractivity contribution in [2.24, 2.45) is 11.8 Å². The van der Waals surface area contributed by atoms with Crippen LogP contribution in [0.3, 0.4) is 0 Å². The number of rotatable bonds is 9. The molecule has 1 N–H and O–H groups in total. The van der Waals surface area contributed by atoms with E-state index in [9.17, 15) is 4.79 Å². The predicted molar refractivity (Wildman–Crippen MR) is 100 cm³/mol. The van der Waals surface area contributed by atoms with E-state index in [1.54, 1.807) is 13.2 Å². The lowest BCUT2D eigenvalue weighted by Crippen LogP contribution is -2.27. The molecule has 6 nitrogen and oxygen atoms in total. The van der Waals surface area contributed by atoms with Crippen LogP contribution in [0.4, 0.5) is 0 Å². The Kier molecular flexibility index (Phi) is 7.01. The van der Waals surface area contributed by atoms with Gasteiger partial charge in [0.1, 0.15) is 12.0 Å². The van der Waals surface area contributed by atoms with Gasteiger partial charge in [-0.15, -0.1) is 0 Å². The Hall–Kier alpha value is -2.18. The maximum atomic E-state index is 10.8. The molecule has 3 unspecified atom stereocenters. The van der Waals surface area contributed by atoms with Crippen molar-refractivity contribution in [2.45, 2.75) is 45.3 Å². The Bertz CT molecular complexity index is 714. The summed E-state index contributed by atoms with van der Waals surface area (Å²) in [7, 11) is 0. The van der Waals surface area contributed by atoms with Crippen molar-refractivity contribution in [3.05, 3.63) is 42.3 Å². The van der Waals surface area contributed by atoms with Gasteiger partial charge in [-0.25, -0.2) is 9.78 Å². The number of carbonyl (C=O) groups is 1. The number of carboxylic acid groups (broad SMARTS) is 1. The van der Waals surface area contributed by atoms with Gasteiger partial charge in [-0.1, -0.05) is 24.6 Å². The molecule has 0 aliphatic heterocycles. The summed E-state index contributed by atoms with van der Waals surface area (Å²) in [6, 6.07) is 9.80. The lowest BCUT2D eigenvalue weighted by Gasteiger charge is -2.29. The minimum absolute atomic E-state index is 0.408. The summed E-state index contributed by atoms with van der Waals surface area (Å²) >= 11 is 0. The third-order valence-corrected chi connectivity index (χ3v) is 5.00. The van der Waals surface area contributed by atoms with Gasteiger partial charge in [-0.05, 0) is 50.2 Å². The SMILES string of the molecule is CC(OCC1CCCC(COCc2coc(-c3ccccc3)n2)C1)C(=O)O. The molecule has 1 aliphatic rings. The van der Waals surface area contributed by atoms with E-state index in [-0.39, 0.29) is 0 Å². The van der Waals surface area contributed by atoms with Crippen LogP contribution in [-0.2, 0) is 20.9 Å². The second kappa shape index (κ2) is 9.67. The van der Waals surface area contributed by atoms with Gasteiger partial charge < -0.3 is 19.0 Å². The van der Waals surface area contributed by atoms with E-state index >= 15 is 0 Å². The maximum Gasteiger partial charge on any atom is 0.332 e. The van der Waals surface area contributed by atoms with Gasteiger partial charge >= 0.3 is 5.97 Å². The van der Waals surface area contributed by atoms with Gasteiger partial charge in [0, 0.05) is 12.2 Å². The number of hydrogen-bond donors (Lipinski definition) is 1. The monoisotopic (exact) mass is 373 g/mol. The fraction of sp³-hybridized carbons (Fsp3) is 0.524. The molecule has 0 spiro atoms. The predicted octanol–water partition coefficient (Wildman–Crippen LogP) is 4.15. The highest BCUT2D eigenvalue weighted by Crippen LogP contribution is 2.30. The van der Waals surface area contributed by atoms with Crippen molar-refractivity contribution in [1.29, 1.82) is 0 Å². The van der Waals surface area contributed by atoms with Crippen LogP contribution in [0.2, 0.25) is 0 Å². The zero-order chi connectivity index (χ0) is 19.1. The number of benzene rings is 1. The van der Waals surface area contributed by atoms with Crippen LogP contribution < -0.4 is 0 Å². The molecule has 0 bridgehead atoms. The molecule has 27 heavy (non-hydrogen) atoms. The first-order valence-electron chi connectivity index (χ1n) is 9.53. The van der Waals surface area contributed by atoms with E-state index in [1.807, 2.05) is 30.3 Å². The number of ether oxygens (including phenoxy) is 2. The van der Waals surface area contributed by atoms with E-state index < -0.39 is 12.1 Å². The van der Waals surface area contributed by atoms with Crippen molar-refractivity contribution < 1.29 is 23.8 Å². The van der Waals surface area contributed by atoms with Crippen LogP contribution in [0.25, 0.3) is 11.5 Å². The summed E-state index contributed by atoms with van der Waals surface area (Å²) in [5.74, 6) is 0.587. The highest BCUT2D eigenvalue weighted by molar-refractivity contribution is 5.71. The Morgan fingerprint density at radius 3 is 2.74 bits per heavy atom. The quantitative estimate of drug-likeness (QED) is 0.711. The molecule has 1 aliphatic carbocycles. The van der Waals surface area contributed by atoms with Crippen molar-refractivity contribution >= 4 is 5.97 Å². The minimum atomic E-state index is -0.909. The molecule has 1 heterocycles. The maximum absolute atomic E-state index is 10.8. The number of hydrogen-bond acceptors (Lipinski definition) is 5. The Morgan fingerprint density at radius 1 is 1.26 bits per heavy atom.